The van der Waals surface area contributed by atoms with Gasteiger partial charge in [0.2, 0.25) is 5.91 Å². The number of ether oxygens (including phenoxy) is 1. The summed E-state index contributed by atoms with van der Waals surface area (Å²) in [5.41, 5.74) is 1.60. The van der Waals surface area contributed by atoms with E-state index in [9.17, 15) is 14.4 Å². The molecule has 3 aromatic rings. The quantitative estimate of drug-likeness (QED) is 0.624. The topological polar surface area (TPSA) is 97.9 Å². The van der Waals surface area contributed by atoms with E-state index >= 15 is 0 Å². The smallest absolute Gasteiger partial charge is 0.409 e. The monoisotopic (exact) mass is 398 g/mol. The van der Waals surface area contributed by atoms with Gasteiger partial charge in [0.05, 0.1) is 18.3 Å². The van der Waals surface area contributed by atoms with Crippen molar-refractivity contribution in [3.05, 3.63) is 40.4 Å². The Bertz CT molecular complexity index is 1140. The van der Waals surface area contributed by atoms with E-state index in [4.69, 9.17) is 9.15 Å². The molecule has 152 valence electrons. The third-order valence-electron chi connectivity index (χ3n) is 5.10. The Labute approximate surface area is 166 Å². The van der Waals surface area contributed by atoms with Crippen molar-refractivity contribution in [2.45, 2.75) is 20.4 Å². The summed E-state index contributed by atoms with van der Waals surface area (Å²) in [5.74, 6) is -0.118. The van der Waals surface area contributed by atoms with E-state index in [0.717, 1.165) is 10.9 Å². The summed E-state index contributed by atoms with van der Waals surface area (Å²) in [6, 6.07) is 5.53. The molecule has 1 saturated heterocycles. The Balaban J connectivity index is 1.56. The van der Waals surface area contributed by atoms with Crippen molar-refractivity contribution in [3.8, 4) is 0 Å². The van der Waals surface area contributed by atoms with Gasteiger partial charge in [-0.15, -0.1) is 0 Å². The molecule has 29 heavy (non-hydrogen) atoms. The van der Waals surface area contributed by atoms with Crippen LogP contribution < -0.4 is 5.63 Å². The van der Waals surface area contributed by atoms with E-state index < -0.39 is 5.63 Å². The molecule has 1 aliphatic rings. The Morgan fingerprint density at radius 1 is 1.14 bits per heavy atom. The summed E-state index contributed by atoms with van der Waals surface area (Å²) in [4.78, 5) is 40.2. The van der Waals surface area contributed by atoms with Gasteiger partial charge in [-0.2, -0.15) is 5.10 Å². The maximum atomic E-state index is 12.8. The highest BCUT2D eigenvalue weighted by Gasteiger charge is 2.25. The highest BCUT2D eigenvalue weighted by molar-refractivity contribution is 6.02. The highest BCUT2D eigenvalue weighted by Crippen LogP contribution is 2.24. The van der Waals surface area contributed by atoms with Crippen LogP contribution in [0, 0.1) is 6.92 Å². The largest absolute Gasteiger partial charge is 0.450 e. The molecule has 0 radical (unpaired) electrons. The van der Waals surface area contributed by atoms with Crippen molar-refractivity contribution in [3.63, 3.8) is 0 Å². The van der Waals surface area contributed by atoms with E-state index in [1.165, 1.54) is 6.20 Å². The number of benzene rings is 1. The second kappa shape index (κ2) is 7.57. The van der Waals surface area contributed by atoms with E-state index in [-0.39, 0.29) is 18.5 Å². The Kier molecular flexibility index (Phi) is 4.96. The zero-order chi connectivity index (χ0) is 20.5. The van der Waals surface area contributed by atoms with Crippen LogP contribution in [-0.2, 0) is 16.1 Å². The van der Waals surface area contributed by atoms with Gasteiger partial charge < -0.3 is 19.0 Å². The molecule has 1 fully saturated rings. The summed E-state index contributed by atoms with van der Waals surface area (Å²) in [6.07, 6.45) is 1.08. The molecule has 3 heterocycles. The molecule has 0 saturated carbocycles. The molecule has 2 amide bonds. The molecule has 9 heteroatoms. The normalized spacial score (nSPS) is 14.6. The van der Waals surface area contributed by atoms with Crippen LogP contribution in [0.4, 0.5) is 4.79 Å². The first kappa shape index (κ1) is 19.0. The summed E-state index contributed by atoms with van der Waals surface area (Å²) >= 11 is 0. The third-order valence-corrected chi connectivity index (χ3v) is 5.10. The van der Waals surface area contributed by atoms with Gasteiger partial charge in [0.25, 0.3) is 0 Å². The van der Waals surface area contributed by atoms with Crippen LogP contribution in [0.25, 0.3) is 21.9 Å². The van der Waals surface area contributed by atoms with Crippen LogP contribution in [-0.4, -0.2) is 64.4 Å². The fourth-order valence-electron chi connectivity index (χ4n) is 3.59. The summed E-state index contributed by atoms with van der Waals surface area (Å²) in [6.45, 7) is 5.76. The van der Waals surface area contributed by atoms with Crippen LogP contribution in [0.15, 0.2) is 33.6 Å². The zero-order valence-corrected chi connectivity index (χ0v) is 16.4. The van der Waals surface area contributed by atoms with Gasteiger partial charge in [0.15, 0.2) is 0 Å². The van der Waals surface area contributed by atoms with Gasteiger partial charge >= 0.3 is 11.7 Å². The molecule has 4 rings (SSSR count). The minimum Gasteiger partial charge on any atom is -0.450 e. The standard InChI is InChI=1S/C20H22N4O5/c1-3-28-20(27)23-8-6-22(7-9-23)17(25)12-24-18-14-10-13(2)4-5-16(14)29-19(26)15(18)11-21-24/h4-5,10-11H,3,6-9,12H2,1-2H3. The van der Waals surface area contributed by atoms with E-state index in [1.54, 1.807) is 27.5 Å². The molecule has 0 spiro atoms. The van der Waals surface area contributed by atoms with Crippen LogP contribution in [0.1, 0.15) is 12.5 Å². The maximum absolute atomic E-state index is 12.8. The predicted molar refractivity (Wildman–Crippen MR) is 106 cm³/mol. The number of fused-ring (bicyclic) bond motifs is 3. The minimum absolute atomic E-state index is 0.00933. The third kappa shape index (κ3) is 3.55. The first-order chi connectivity index (χ1) is 14.0. The van der Waals surface area contributed by atoms with Crippen LogP contribution in [0.5, 0.6) is 0 Å². The van der Waals surface area contributed by atoms with Crippen LogP contribution >= 0.6 is 0 Å². The first-order valence-corrected chi connectivity index (χ1v) is 9.56. The Morgan fingerprint density at radius 2 is 1.86 bits per heavy atom. The van der Waals surface area contributed by atoms with Gasteiger partial charge in [0, 0.05) is 31.6 Å². The summed E-state index contributed by atoms with van der Waals surface area (Å²) in [5, 5.41) is 5.36. The van der Waals surface area contributed by atoms with Crippen molar-refractivity contribution < 1.29 is 18.7 Å². The molecule has 0 aliphatic carbocycles. The highest BCUT2D eigenvalue weighted by atomic mass is 16.6. The lowest BCUT2D eigenvalue weighted by Gasteiger charge is -2.34. The molecule has 1 aromatic carbocycles. The van der Waals surface area contributed by atoms with Gasteiger partial charge in [-0.3, -0.25) is 9.48 Å². The average Bonchev–Trinajstić information content (AvgIpc) is 3.13. The van der Waals surface area contributed by atoms with Crippen molar-refractivity contribution in [1.82, 2.24) is 19.6 Å². The molecule has 9 nitrogen and oxygen atoms in total. The van der Waals surface area contributed by atoms with Crippen molar-refractivity contribution in [2.75, 3.05) is 32.8 Å². The number of carbonyl (C=O) groups excluding carboxylic acids is 2. The van der Waals surface area contributed by atoms with Gasteiger partial charge in [-0.25, -0.2) is 9.59 Å². The number of rotatable bonds is 3. The molecule has 0 atom stereocenters. The van der Waals surface area contributed by atoms with Crippen molar-refractivity contribution in [1.29, 1.82) is 0 Å². The number of aryl methyl sites for hydroxylation is 1. The molecule has 0 bridgehead atoms. The maximum Gasteiger partial charge on any atom is 0.409 e. The van der Waals surface area contributed by atoms with Crippen LogP contribution in [0.3, 0.4) is 0 Å². The molecule has 1 aliphatic heterocycles. The molecular formula is C20H22N4O5. The lowest BCUT2D eigenvalue weighted by Crippen LogP contribution is -2.51. The number of amides is 2. The van der Waals surface area contributed by atoms with Crippen molar-refractivity contribution in [2.24, 2.45) is 0 Å². The van der Waals surface area contributed by atoms with E-state index in [0.29, 0.717) is 49.3 Å². The summed E-state index contributed by atoms with van der Waals surface area (Å²) in [7, 11) is 0. The number of carbonyl (C=O) groups is 2. The SMILES string of the molecule is CCOC(=O)N1CCN(C(=O)Cn2ncc3c(=O)oc4ccc(C)cc4c32)CC1. The Hall–Kier alpha value is -3.36. The molecule has 0 N–H and O–H groups in total. The number of piperazine rings is 1. The van der Waals surface area contributed by atoms with Crippen molar-refractivity contribution >= 4 is 33.9 Å². The molecule has 2 aromatic heterocycles. The first-order valence-electron chi connectivity index (χ1n) is 9.56. The number of aromatic nitrogens is 2. The average molecular weight is 398 g/mol. The molecular weight excluding hydrogens is 376 g/mol. The number of nitrogens with zero attached hydrogens (tertiary/aromatic N) is 4. The Morgan fingerprint density at radius 3 is 2.59 bits per heavy atom. The van der Waals surface area contributed by atoms with Gasteiger partial charge in [0.1, 0.15) is 17.5 Å². The molecule has 0 unspecified atom stereocenters. The van der Waals surface area contributed by atoms with E-state index in [2.05, 4.69) is 5.10 Å². The van der Waals surface area contributed by atoms with Crippen LogP contribution in [0.2, 0.25) is 0 Å². The fourth-order valence-corrected chi connectivity index (χ4v) is 3.59. The fraction of sp³-hybridized carbons (Fsp3) is 0.400. The lowest BCUT2D eigenvalue weighted by molar-refractivity contribution is -0.133. The summed E-state index contributed by atoms with van der Waals surface area (Å²) < 4.78 is 11.9. The number of hydrogen-bond donors (Lipinski definition) is 0. The number of hydrogen-bond acceptors (Lipinski definition) is 6. The van der Waals surface area contributed by atoms with E-state index in [1.807, 2.05) is 19.1 Å². The predicted octanol–water partition coefficient (Wildman–Crippen LogP) is 1.75. The second-order valence-corrected chi connectivity index (χ2v) is 7.02. The zero-order valence-electron chi connectivity index (χ0n) is 16.4. The van der Waals surface area contributed by atoms with Gasteiger partial charge in [-0.1, -0.05) is 11.6 Å². The second-order valence-electron chi connectivity index (χ2n) is 7.02. The van der Waals surface area contributed by atoms with Gasteiger partial charge in [-0.05, 0) is 26.0 Å². The minimum atomic E-state index is -0.474. The lowest BCUT2D eigenvalue weighted by atomic mass is 10.1.